The quantitative estimate of drug-likeness (QED) is 0.643. The van der Waals surface area contributed by atoms with Gasteiger partial charge in [-0.25, -0.2) is 0 Å². The molecule has 2 aliphatic heterocycles. The second-order valence-electron chi connectivity index (χ2n) is 8.37. The van der Waals surface area contributed by atoms with Crippen LogP contribution in [0.25, 0.3) is 6.08 Å². The third-order valence-corrected chi connectivity index (χ3v) is 7.37. The van der Waals surface area contributed by atoms with Crippen LogP contribution in [0.4, 0.5) is 5.69 Å². The van der Waals surface area contributed by atoms with E-state index in [-0.39, 0.29) is 24.9 Å². The summed E-state index contributed by atoms with van der Waals surface area (Å²) in [7, 11) is 4.61. The third-order valence-electron chi connectivity index (χ3n) is 5.73. The fourth-order valence-electron chi connectivity index (χ4n) is 3.93. The van der Waals surface area contributed by atoms with E-state index in [1.807, 2.05) is 23.9 Å². The predicted octanol–water partition coefficient (Wildman–Crippen LogP) is 2.49. The summed E-state index contributed by atoms with van der Waals surface area (Å²) in [5, 5.41) is 3.91. The molecule has 2 aliphatic rings. The molecule has 0 bridgehead atoms. The smallest absolute Gasteiger partial charge is 0.255 e. The molecule has 2 aromatic carbocycles. The highest BCUT2D eigenvalue weighted by Crippen LogP contribution is 2.36. The Morgan fingerprint density at radius 3 is 2.65 bits per heavy atom. The van der Waals surface area contributed by atoms with Gasteiger partial charge >= 0.3 is 0 Å². The molecule has 1 unspecified atom stereocenters. The first-order valence-corrected chi connectivity index (χ1v) is 11.9. The molecule has 166 valence electrons. The number of quaternary nitrogens is 1. The molecule has 0 saturated carbocycles. The molecule has 4 nitrogen and oxygen atoms in total. The number of carbonyl (C=O) groups excluding carboxylic acids is 1. The molecule has 1 N–H and O–H groups in total. The van der Waals surface area contributed by atoms with Crippen LogP contribution in [-0.2, 0) is 11.3 Å². The first kappa shape index (κ1) is 24.3. The van der Waals surface area contributed by atoms with Crippen LogP contribution in [0.3, 0.4) is 0 Å². The summed E-state index contributed by atoms with van der Waals surface area (Å²) in [6.45, 7) is 1.15. The van der Waals surface area contributed by atoms with Gasteiger partial charge in [0, 0.05) is 34.0 Å². The maximum atomic E-state index is 12.7. The van der Waals surface area contributed by atoms with Gasteiger partial charge in [0.15, 0.2) is 0 Å². The Hall–Kier alpha value is -1.37. The monoisotopic (exact) mass is 498 g/mol. The number of nitrogens with one attached hydrogen (secondary N) is 1. The van der Waals surface area contributed by atoms with E-state index in [1.165, 1.54) is 23.5 Å². The number of amides is 1. The normalized spacial score (nSPS) is 17.8. The van der Waals surface area contributed by atoms with Crippen LogP contribution in [0.5, 0.6) is 5.75 Å². The van der Waals surface area contributed by atoms with Gasteiger partial charge in [0.25, 0.3) is 5.91 Å². The van der Waals surface area contributed by atoms with E-state index < -0.39 is 0 Å². The molecule has 1 amide bonds. The van der Waals surface area contributed by atoms with Crippen molar-refractivity contribution >= 4 is 52.6 Å². The van der Waals surface area contributed by atoms with E-state index in [9.17, 15) is 4.79 Å². The van der Waals surface area contributed by atoms with Crippen LogP contribution >= 0.6 is 35.0 Å². The number of ether oxygens (including phenoxy) is 1. The van der Waals surface area contributed by atoms with Gasteiger partial charge in [0.2, 0.25) is 0 Å². The van der Waals surface area contributed by atoms with Crippen LogP contribution in [0, 0.1) is 0 Å². The van der Waals surface area contributed by atoms with Gasteiger partial charge in [-0.1, -0.05) is 35.3 Å². The van der Waals surface area contributed by atoms with E-state index in [2.05, 4.69) is 31.5 Å². The van der Waals surface area contributed by atoms with E-state index in [4.69, 9.17) is 27.9 Å². The lowest BCUT2D eigenvalue weighted by molar-refractivity contribution is -0.924. The lowest BCUT2D eigenvalue weighted by atomic mass is 10.1. The van der Waals surface area contributed by atoms with Crippen molar-refractivity contribution in [2.45, 2.75) is 19.0 Å². The predicted molar refractivity (Wildman–Crippen MR) is 127 cm³/mol. The molecule has 31 heavy (non-hydrogen) atoms. The summed E-state index contributed by atoms with van der Waals surface area (Å²) < 4.78 is 6.67. The van der Waals surface area contributed by atoms with Gasteiger partial charge in [-0.15, -0.1) is 0 Å². The lowest BCUT2D eigenvalue weighted by Gasteiger charge is -2.35. The minimum absolute atomic E-state index is 0. The fraction of sp³-hybridized carbons (Fsp3) is 0.348. The minimum Gasteiger partial charge on any atom is -1.00 e. The van der Waals surface area contributed by atoms with Gasteiger partial charge in [0.1, 0.15) is 18.9 Å². The number of anilines is 1. The summed E-state index contributed by atoms with van der Waals surface area (Å²) in [6.07, 6.45) is 3.06. The number of carbonyl (C=O) groups is 1. The highest BCUT2D eigenvalue weighted by atomic mass is 35.5. The Bertz CT molecular complexity index is 987. The number of benzene rings is 2. The summed E-state index contributed by atoms with van der Waals surface area (Å²) in [6, 6.07) is 12.2. The number of halogens is 3. The maximum Gasteiger partial charge on any atom is 0.255 e. The number of rotatable bonds is 5. The van der Waals surface area contributed by atoms with Crippen molar-refractivity contribution in [3.8, 4) is 5.75 Å². The topological polar surface area (TPSA) is 38.3 Å². The zero-order chi connectivity index (χ0) is 21.3. The SMILES string of the molecule is C[N+](C)(Cc1ccc(NC(=O)C2=Cc3cc(Cl)cc(Cl)c3OC2)cc1)C1CCSC1.[Cl-]. The average molecular weight is 500 g/mol. The Balaban J connectivity index is 0.00000272. The zero-order valence-electron chi connectivity index (χ0n) is 17.5. The molecule has 2 aromatic rings. The van der Waals surface area contributed by atoms with Gasteiger partial charge in [-0.3, -0.25) is 4.79 Å². The van der Waals surface area contributed by atoms with Crippen molar-refractivity contribution in [2.75, 3.05) is 37.5 Å². The zero-order valence-corrected chi connectivity index (χ0v) is 20.5. The van der Waals surface area contributed by atoms with Crippen LogP contribution in [0.1, 0.15) is 17.5 Å². The largest absolute Gasteiger partial charge is 1.00 e. The molecule has 1 atom stereocenters. The number of nitrogens with zero attached hydrogens (tertiary/aromatic N) is 1. The van der Waals surface area contributed by atoms with Crippen molar-refractivity contribution in [3.05, 3.63) is 63.1 Å². The lowest BCUT2D eigenvalue weighted by Crippen LogP contribution is -3.00. The Morgan fingerprint density at radius 2 is 1.97 bits per heavy atom. The Morgan fingerprint density at radius 1 is 1.23 bits per heavy atom. The van der Waals surface area contributed by atoms with Crippen molar-refractivity contribution in [3.63, 3.8) is 0 Å². The highest BCUT2D eigenvalue weighted by Gasteiger charge is 2.31. The molecule has 1 fully saturated rings. The van der Waals surface area contributed by atoms with Crippen LogP contribution in [0.15, 0.2) is 42.0 Å². The average Bonchev–Trinajstić information content (AvgIpc) is 3.24. The van der Waals surface area contributed by atoms with Crippen molar-refractivity contribution in [1.82, 2.24) is 0 Å². The van der Waals surface area contributed by atoms with Gasteiger partial charge in [0.05, 0.1) is 30.7 Å². The summed E-state index contributed by atoms with van der Waals surface area (Å²) in [5.74, 6) is 2.87. The minimum atomic E-state index is -0.191. The van der Waals surface area contributed by atoms with Crippen molar-refractivity contribution in [1.29, 1.82) is 0 Å². The standard InChI is InChI=1S/C23H24Cl2N2O2S.ClH/c1-27(2,20-7-8-30-14-20)12-15-3-5-19(6-4-15)26-23(28)17-9-16-10-18(24)11-21(25)22(16)29-13-17;/h3-6,9-11,20H,7-8,12-14H2,1-2H3;1H. The first-order valence-electron chi connectivity index (χ1n) is 9.95. The molecule has 2 heterocycles. The molecule has 0 radical (unpaired) electrons. The van der Waals surface area contributed by atoms with E-state index >= 15 is 0 Å². The molecule has 0 spiro atoms. The molecule has 0 aromatic heterocycles. The molecule has 8 heteroatoms. The molecule has 0 aliphatic carbocycles. The molecule has 4 rings (SSSR count). The second kappa shape index (κ2) is 10.1. The number of fused-ring (bicyclic) bond motifs is 1. The first-order chi connectivity index (χ1) is 14.3. The fourth-order valence-corrected chi connectivity index (χ4v) is 5.94. The summed E-state index contributed by atoms with van der Waals surface area (Å²) in [5.41, 5.74) is 3.28. The van der Waals surface area contributed by atoms with Crippen LogP contribution in [-0.4, -0.2) is 48.6 Å². The van der Waals surface area contributed by atoms with Crippen molar-refractivity contribution in [2.24, 2.45) is 0 Å². The molecule has 1 saturated heterocycles. The van der Waals surface area contributed by atoms with E-state index in [0.717, 1.165) is 16.7 Å². The van der Waals surface area contributed by atoms with Crippen LogP contribution < -0.4 is 22.5 Å². The van der Waals surface area contributed by atoms with Crippen molar-refractivity contribution < 1.29 is 26.4 Å². The number of hydrogen-bond donors (Lipinski definition) is 1. The summed E-state index contributed by atoms with van der Waals surface area (Å²) in [4.78, 5) is 12.7. The van der Waals surface area contributed by atoms with Crippen LogP contribution in [0.2, 0.25) is 10.0 Å². The Labute approximate surface area is 203 Å². The highest BCUT2D eigenvalue weighted by molar-refractivity contribution is 7.99. The number of thioether (sulfide) groups is 1. The second-order valence-corrected chi connectivity index (χ2v) is 10.4. The van der Waals surface area contributed by atoms with Gasteiger partial charge in [-0.2, -0.15) is 11.8 Å². The van der Waals surface area contributed by atoms with E-state index in [1.54, 1.807) is 18.2 Å². The van der Waals surface area contributed by atoms with Gasteiger partial charge < -0.3 is 26.9 Å². The van der Waals surface area contributed by atoms with E-state index in [0.29, 0.717) is 33.0 Å². The third kappa shape index (κ3) is 5.71. The van der Waals surface area contributed by atoms with Gasteiger partial charge in [-0.05, 0) is 36.1 Å². The Kier molecular flexibility index (Phi) is 7.87. The molecular formula is C23H25Cl3N2O2S. The molecular weight excluding hydrogens is 475 g/mol. The summed E-state index contributed by atoms with van der Waals surface area (Å²) >= 11 is 14.3. The maximum absolute atomic E-state index is 12.7. The number of hydrogen-bond acceptors (Lipinski definition) is 3.